The smallest absolute Gasteiger partial charge is 0.303 e. The second-order valence-corrected chi connectivity index (χ2v) is 11.4. The summed E-state index contributed by atoms with van der Waals surface area (Å²) in [4.78, 5) is 34.8. The van der Waals surface area contributed by atoms with Crippen LogP contribution in [0.25, 0.3) is 0 Å². The summed E-state index contributed by atoms with van der Waals surface area (Å²) >= 11 is 1.55. The number of carbonyl (C=O) groups excluding carboxylic acids is 3. The normalized spacial score (nSPS) is 21.4. The van der Waals surface area contributed by atoms with Gasteiger partial charge in [-0.2, -0.15) is 0 Å². The van der Waals surface area contributed by atoms with Gasteiger partial charge in [0.25, 0.3) is 0 Å². The first-order valence-electron chi connectivity index (χ1n) is 14.6. The first-order valence-corrected chi connectivity index (χ1v) is 15.6. The van der Waals surface area contributed by atoms with E-state index in [4.69, 9.17) is 18.9 Å². The zero-order valence-corrected chi connectivity index (χ0v) is 24.6. The third-order valence-electron chi connectivity index (χ3n) is 6.58. The summed E-state index contributed by atoms with van der Waals surface area (Å²) in [5.74, 6) is -0.678. The molecule has 1 heterocycles. The highest BCUT2D eigenvalue weighted by atomic mass is 32.2. The Morgan fingerprint density at radius 2 is 1.03 bits per heavy atom. The second-order valence-electron chi connectivity index (χ2n) is 10.2. The summed E-state index contributed by atoms with van der Waals surface area (Å²) < 4.78 is 22.0. The summed E-state index contributed by atoms with van der Waals surface area (Å²) in [5.41, 5.74) is -0.476. The molecule has 1 aliphatic heterocycles. The minimum Gasteiger partial charge on any atom is -0.456 e. The molecule has 1 fully saturated rings. The minimum atomic E-state index is -0.887. The van der Waals surface area contributed by atoms with E-state index in [-0.39, 0.29) is 6.61 Å². The maximum atomic E-state index is 11.7. The van der Waals surface area contributed by atoms with Crippen molar-refractivity contribution in [2.45, 2.75) is 154 Å². The van der Waals surface area contributed by atoms with Crippen molar-refractivity contribution >= 4 is 29.7 Å². The average molecular weight is 545 g/mol. The van der Waals surface area contributed by atoms with Gasteiger partial charge in [-0.1, -0.05) is 103 Å². The van der Waals surface area contributed by atoms with Crippen LogP contribution in [0.15, 0.2) is 0 Å². The van der Waals surface area contributed by atoms with E-state index >= 15 is 0 Å². The molecule has 0 aromatic rings. The van der Waals surface area contributed by atoms with Crippen molar-refractivity contribution in [1.82, 2.24) is 0 Å². The van der Waals surface area contributed by atoms with Crippen LogP contribution in [-0.4, -0.2) is 54.0 Å². The fourth-order valence-electron chi connectivity index (χ4n) is 4.70. The molecule has 1 saturated heterocycles. The van der Waals surface area contributed by atoms with Crippen molar-refractivity contribution in [2.24, 2.45) is 0 Å². The van der Waals surface area contributed by atoms with Crippen LogP contribution in [0, 0.1) is 0 Å². The zero-order chi connectivity index (χ0) is 27.3. The molecule has 0 unspecified atom stereocenters. The van der Waals surface area contributed by atoms with Crippen molar-refractivity contribution in [3.05, 3.63) is 0 Å². The van der Waals surface area contributed by atoms with Gasteiger partial charge in [-0.3, -0.25) is 14.4 Å². The molecule has 0 bridgehead atoms. The molecule has 1 aliphatic rings. The number of hydrogen-bond donors (Lipinski definition) is 0. The number of rotatable bonds is 21. The van der Waals surface area contributed by atoms with E-state index < -0.39 is 41.7 Å². The number of unbranched alkanes of at least 4 members (excludes halogenated alkanes) is 15. The van der Waals surface area contributed by atoms with Gasteiger partial charge in [-0.15, -0.1) is 11.8 Å². The molecule has 0 amide bonds. The number of thioether (sulfide) groups is 1. The predicted molar refractivity (Wildman–Crippen MR) is 148 cm³/mol. The molecule has 8 heteroatoms. The molecule has 37 heavy (non-hydrogen) atoms. The summed E-state index contributed by atoms with van der Waals surface area (Å²) in [6.45, 7) is 6.22. The Morgan fingerprint density at radius 1 is 0.622 bits per heavy atom. The molecule has 4 atom stereocenters. The summed E-state index contributed by atoms with van der Waals surface area (Å²) in [5, 5.41) is 0. The highest BCUT2D eigenvalue weighted by Gasteiger charge is 2.46. The highest BCUT2D eigenvalue weighted by molar-refractivity contribution is 7.99. The monoisotopic (exact) mass is 544 g/mol. The van der Waals surface area contributed by atoms with Crippen LogP contribution in [-0.2, 0) is 33.3 Å². The maximum Gasteiger partial charge on any atom is 0.303 e. The van der Waals surface area contributed by atoms with Crippen LogP contribution < -0.4 is 0 Å². The van der Waals surface area contributed by atoms with E-state index in [0.717, 1.165) is 18.6 Å². The lowest BCUT2D eigenvalue weighted by Gasteiger charge is -2.40. The molecular formula is C29H52O7S. The number of hydrogen-bond acceptors (Lipinski definition) is 8. The molecule has 0 N–H and O–H groups in total. The molecule has 7 nitrogen and oxygen atoms in total. The third kappa shape index (κ3) is 17.0. The molecule has 1 rings (SSSR count). The van der Waals surface area contributed by atoms with Gasteiger partial charge >= 0.3 is 17.9 Å². The number of esters is 3. The van der Waals surface area contributed by atoms with Gasteiger partial charge in [0.05, 0.1) is 6.61 Å². The molecule has 0 radical (unpaired) electrons. The molecule has 0 spiro atoms. The third-order valence-corrected chi connectivity index (χ3v) is 7.84. The quantitative estimate of drug-likeness (QED) is 0.0856. The number of ether oxygens (including phenoxy) is 4. The van der Waals surface area contributed by atoms with Gasteiger partial charge in [0, 0.05) is 20.8 Å². The summed E-state index contributed by atoms with van der Waals surface area (Å²) in [6.07, 6.45) is 18.7. The SMILES string of the molecule is CCCCCCCCCCCCCCCCCCS[C@@H]1OC[C@@H](OC(C)=O)[C@H](OC(C)=O)[C@H]1OC(C)=O. The van der Waals surface area contributed by atoms with Crippen molar-refractivity contribution in [3.8, 4) is 0 Å². The van der Waals surface area contributed by atoms with Gasteiger partial charge in [0.2, 0.25) is 0 Å². The lowest BCUT2D eigenvalue weighted by atomic mass is 10.0. The Morgan fingerprint density at radius 3 is 1.46 bits per heavy atom. The van der Waals surface area contributed by atoms with Gasteiger partial charge < -0.3 is 18.9 Å². The molecule has 0 aromatic carbocycles. The second kappa shape index (κ2) is 21.6. The minimum absolute atomic E-state index is 0.0892. The lowest BCUT2D eigenvalue weighted by molar-refractivity contribution is -0.213. The van der Waals surface area contributed by atoms with E-state index in [1.165, 1.54) is 111 Å². The van der Waals surface area contributed by atoms with Crippen LogP contribution in [0.3, 0.4) is 0 Å². The Labute approximate surface area is 229 Å². The highest BCUT2D eigenvalue weighted by Crippen LogP contribution is 2.31. The lowest BCUT2D eigenvalue weighted by Crippen LogP contribution is -2.56. The van der Waals surface area contributed by atoms with E-state index in [9.17, 15) is 14.4 Å². The largest absolute Gasteiger partial charge is 0.456 e. The van der Waals surface area contributed by atoms with Crippen molar-refractivity contribution < 1.29 is 33.3 Å². The summed E-state index contributed by atoms with van der Waals surface area (Å²) in [6, 6.07) is 0. The fourth-order valence-corrected chi connectivity index (χ4v) is 5.88. The predicted octanol–water partition coefficient (Wildman–Crippen LogP) is 7.13. The Hall–Kier alpha value is -1.28. The molecule has 0 aromatic heterocycles. The van der Waals surface area contributed by atoms with Crippen LogP contribution >= 0.6 is 11.8 Å². The molecule has 0 saturated carbocycles. The van der Waals surface area contributed by atoms with Gasteiger partial charge in [-0.25, -0.2) is 0 Å². The van der Waals surface area contributed by atoms with Crippen LogP contribution in [0.5, 0.6) is 0 Å². The molecule has 0 aliphatic carbocycles. The Kier molecular flexibility index (Phi) is 19.7. The number of carbonyl (C=O) groups is 3. The topological polar surface area (TPSA) is 88.1 Å². The van der Waals surface area contributed by atoms with Crippen molar-refractivity contribution in [3.63, 3.8) is 0 Å². The van der Waals surface area contributed by atoms with Crippen LogP contribution in [0.4, 0.5) is 0 Å². The zero-order valence-electron chi connectivity index (χ0n) is 23.8. The first-order chi connectivity index (χ1) is 17.8. The van der Waals surface area contributed by atoms with Crippen molar-refractivity contribution in [1.29, 1.82) is 0 Å². The van der Waals surface area contributed by atoms with E-state index in [0.29, 0.717) is 0 Å². The fraction of sp³-hybridized carbons (Fsp3) is 0.897. The molecular weight excluding hydrogens is 492 g/mol. The summed E-state index contributed by atoms with van der Waals surface area (Å²) in [7, 11) is 0. The van der Waals surface area contributed by atoms with Crippen LogP contribution in [0.2, 0.25) is 0 Å². The standard InChI is InChI=1S/C29H52O7S/c1-5-6-7-8-9-10-11-12-13-14-15-16-17-18-19-20-21-37-29-28(36-25(4)32)27(35-24(3)31)26(22-33-29)34-23(2)30/h26-29H,5-22H2,1-4H3/t26-,27+,28-,29+/m1/s1. The van der Waals surface area contributed by atoms with E-state index in [1.54, 1.807) is 11.8 Å². The van der Waals surface area contributed by atoms with E-state index in [1.807, 2.05) is 0 Å². The maximum absolute atomic E-state index is 11.7. The van der Waals surface area contributed by atoms with Gasteiger partial charge in [0.15, 0.2) is 18.3 Å². The van der Waals surface area contributed by atoms with Gasteiger partial charge in [0.1, 0.15) is 5.44 Å². The Balaban J connectivity index is 2.18. The molecule has 216 valence electrons. The van der Waals surface area contributed by atoms with E-state index in [2.05, 4.69) is 6.92 Å². The Bertz CT molecular complexity index is 627. The average Bonchev–Trinajstić information content (AvgIpc) is 2.83. The first kappa shape index (κ1) is 33.7. The van der Waals surface area contributed by atoms with Gasteiger partial charge in [-0.05, 0) is 12.2 Å². The van der Waals surface area contributed by atoms with Crippen molar-refractivity contribution in [2.75, 3.05) is 12.4 Å². The van der Waals surface area contributed by atoms with Crippen LogP contribution in [0.1, 0.15) is 130 Å².